The maximum Gasteiger partial charge on any atom is 0.310 e. The summed E-state index contributed by atoms with van der Waals surface area (Å²) in [5.74, 6) is -0.145. The average Bonchev–Trinajstić information content (AvgIpc) is 2.79. The van der Waals surface area contributed by atoms with Gasteiger partial charge in [0.25, 0.3) is 0 Å². The van der Waals surface area contributed by atoms with Crippen molar-refractivity contribution in [3.8, 4) is 0 Å². The van der Waals surface area contributed by atoms with Crippen molar-refractivity contribution in [2.45, 2.75) is 60.8 Å². The van der Waals surface area contributed by atoms with Gasteiger partial charge in [0.15, 0.2) is 0 Å². The summed E-state index contributed by atoms with van der Waals surface area (Å²) in [4.78, 5) is 25.1. The lowest BCUT2D eigenvalue weighted by molar-refractivity contribution is -0.163. The first-order chi connectivity index (χ1) is 10.8. The van der Waals surface area contributed by atoms with Crippen LogP contribution in [0.2, 0.25) is 0 Å². The lowest BCUT2D eigenvalue weighted by Crippen LogP contribution is -2.35. The Labute approximate surface area is 141 Å². The molecule has 134 valence electrons. The van der Waals surface area contributed by atoms with E-state index in [4.69, 9.17) is 9.47 Å². The molecule has 0 bridgehead atoms. The van der Waals surface area contributed by atoms with E-state index in [1.54, 1.807) is 0 Å². The molecule has 0 aromatic heterocycles. The van der Waals surface area contributed by atoms with Crippen LogP contribution >= 0.6 is 0 Å². The summed E-state index contributed by atoms with van der Waals surface area (Å²) in [5, 5.41) is 0. The Morgan fingerprint density at radius 3 is 1.87 bits per heavy atom. The molecule has 0 spiro atoms. The van der Waals surface area contributed by atoms with Gasteiger partial charge < -0.3 is 9.47 Å². The molecule has 4 heteroatoms. The minimum Gasteiger partial charge on any atom is -0.465 e. The third-order valence-corrected chi connectivity index (χ3v) is 4.50. The Balaban J connectivity index is 2.85. The van der Waals surface area contributed by atoms with Crippen LogP contribution in [0.5, 0.6) is 0 Å². The molecule has 1 aliphatic rings. The topological polar surface area (TPSA) is 52.6 Å². The molecule has 4 atom stereocenters. The Hall–Kier alpha value is -1.06. The van der Waals surface area contributed by atoms with E-state index in [1.165, 1.54) is 0 Å². The predicted octanol–water partition coefficient (Wildman–Crippen LogP) is 4.07. The van der Waals surface area contributed by atoms with Crippen LogP contribution in [0.25, 0.3) is 0 Å². The summed E-state index contributed by atoms with van der Waals surface area (Å²) in [6, 6.07) is 0. The van der Waals surface area contributed by atoms with E-state index in [1.807, 2.05) is 27.7 Å². The number of esters is 2. The van der Waals surface area contributed by atoms with Crippen molar-refractivity contribution in [2.24, 2.45) is 35.5 Å². The van der Waals surface area contributed by atoms with Crippen molar-refractivity contribution in [3.63, 3.8) is 0 Å². The van der Waals surface area contributed by atoms with Gasteiger partial charge in [0.05, 0.1) is 25.0 Å². The van der Waals surface area contributed by atoms with Gasteiger partial charge in [-0.3, -0.25) is 9.59 Å². The molecular weight excluding hydrogens is 292 g/mol. The highest BCUT2D eigenvalue weighted by atomic mass is 16.5. The van der Waals surface area contributed by atoms with Crippen LogP contribution in [-0.4, -0.2) is 25.2 Å². The minimum absolute atomic E-state index is 0.169. The highest BCUT2D eigenvalue weighted by Crippen LogP contribution is 2.45. The summed E-state index contributed by atoms with van der Waals surface area (Å²) in [7, 11) is 0. The molecule has 0 aliphatic heterocycles. The molecule has 1 rings (SSSR count). The monoisotopic (exact) mass is 326 g/mol. The first-order valence-corrected chi connectivity index (χ1v) is 9.11. The van der Waals surface area contributed by atoms with Gasteiger partial charge in [-0.2, -0.15) is 0 Å². The molecule has 23 heavy (non-hydrogen) atoms. The largest absolute Gasteiger partial charge is 0.465 e. The smallest absolute Gasteiger partial charge is 0.310 e. The summed E-state index contributed by atoms with van der Waals surface area (Å²) < 4.78 is 10.9. The third-order valence-electron chi connectivity index (χ3n) is 4.50. The third kappa shape index (κ3) is 5.82. The Bertz CT molecular complexity index is 389. The summed E-state index contributed by atoms with van der Waals surface area (Å²) in [5.41, 5.74) is 0. The fourth-order valence-corrected chi connectivity index (χ4v) is 3.49. The van der Waals surface area contributed by atoms with Crippen LogP contribution in [0.1, 0.15) is 60.8 Å². The van der Waals surface area contributed by atoms with Gasteiger partial charge in [-0.1, -0.05) is 48.0 Å². The van der Waals surface area contributed by atoms with Crippen molar-refractivity contribution in [2.75, 3.05) is 13.2 Å². The number of ether oxygens (including phenoxy) is 2. The normalized spacial score (nSPS) is 27.5. The highest BCUT2D eigenvalue weighted by molar-refractivity contribution is 5.83. The molecular formula is C19H34O4. The number of hydrogen-bond acceptors (Lipinski definition) is 4. The second kappa shape index (κ2) is 9.29. The van der Waals surface area contributed by atoms with Crippen LogP contribution in [-0.2, 0) is 19.1 Å². The molecule has 0 aromatic carbocycles. The second-order valence-electron chi connectivity index (χ2n) is 7.86. The zero-order chi connectivity index (χ0) is 17.6. The maximum atomic E-state index is 12.6. The Kier molecular flexibility index (Phi) is 8.07. The molecule has 4 nitrogen and oxygen atoms in total. The number of carbonyl (C=O) groups excluding carboxylic acids is 2. The molecule has 4 unspecified atom stereocenters. The summed E-state index contributed by atoms with van der Waals surface area (Å²) in [6.07, 6.45) is 2.87. The quantitative estimate of drug-likeness (QED) is 0.631. The summed E-state index contributed by atoms with van der Waals surface area (Å²) in [6.45, 7) is 13.1. The van der Waals surface area contributed by atoms with Crippen LogP contribution < -0.4 is 0 Å². The second-order valence-corrected chi connectivity index (χ2v) is 7.86. The van der Waals surface area contributed by atoms with Crippen LogP contribution in [0.4, 0.5) is 0 Å². The predicted molar refractivity (Wildman–Crippen MR) is 90.8 cm³/mol. The van der Waals surface area contributed by atoms with Gasteiger partial charge in [0.2, 0.25) is 0 Å². The lowest BCUT2D eigenvalue weighted by atomic mass is 9.85. The van der Waals surface area contributed by atoms with Crippen molar-refractivity contribution in [1.29, 1.82) is 0 Å². The van der Waals surface area contributed by atoms with E-state index in [-0.39, 0.29) is 35.6 Å². The van der Waals surface area contributed by atoms with E-state index < -0.39 is 0 Å². The van der Waals surface area contributed by atoms with Gasteiger partial charge in [-0.05, 0) is 36.5 Å². The van der Waals surface area contributed by atoms with Crippen LogP contribution in [0, 0.1) is 35.5 Å². The van der Waals surface area contributed by atoms with Crippen molar-refractivity contribution in [3.05, 3.63) is 0 Å². The highest BCUT2D eigenvalue weighted by Gasteiger charge is 2.49. The Morgan fingerprint density at radius 2 is 1.43 bits per heavy atom. The zero-order valence-corrected chi connectivity index (χ0v) is 15.6. The van der Waals surface area contributed by atoms with Gasteiger partial charge in [-0.25, -0.2) is 0 Å². The molecule has 0 amide bonds. The van der Waals surface area contributed by atoms with Crippen molar-refractivity contribution < 1.29 is 19.1 Å². The molecule has 0 N–H and O–H groups in total. The molecule has 0 radical (unpaired) electrons. The van der Waals surface area contributed by atoms with E-state index in [9.17, 15) is 9.59 Å². The first-order valence-electron chi connectivity index (χ1n) is 9.11. The van der Waals surface area contributed by atoms with E-state index in [0.717, 1.165) is 19.3 Å². The fraction of sp³-hybridized carbons (Fsp3) is 0.895. The van der Waals surface area contributed by atoms with Gasteiger partial charge in [-0.15, -0.1) is 0 Å². The van der Waals surface area contributed by atoms with Crippen molar-refractivity contribution in [1.82, 2.24) is 0 Å². The summed E-state index contributed by atoms with van der Waals surface area (Å²) >= 11 is 0. The molecule has 0 heterocycles. The van der Waals surface area contributed by atoms with Crippen LogP contribution in [0.15, 0.2) is 0 Å². The number of hydrogen-bond donors (Lipinski definition) is 0. The fourth-order valence-electron chi connectivity index (χ4n) is 3.49. The molecule has 0 aromatic rings. The van der Waals surface area contributed by atoms with Gasteiger partial charge in [0, 0.05) is 0 Å². The van der Waals surface area contributed by atoms with E-state index in [2.05, 4.69) is 13.8 Å². The minimum atomic E-state index is -0.357. The number of carbonyl (C=O) groups is 2. The van der Waals surface area contributed by atoms with Gasteiger partial charge in [0.1, 0.15) is 0 Å². The lowest BCUT2D eigenvalue weighted by Gasteiger charge is -2.24. The number of rotatable bonds is 8. The molecule has 1 aliphatic carbocycles. The molecule has 0 saturated heterocycles. The van der Waals surface area contributed by atoms with E-state index >= 15 is 0 Å². The zero-order valence-electron chi connectivity index (χ0n) is 15.6. The molecule has 1 saturated carbocycles. The molecule has 1 fully saturated rings. The van der Waals surface area contributed by atoms with Crippen LogP contribution in [0.3, 0.4) is 0 Å². The maximum absolute atomic E-state index is 12.6. The first kappa shape index (κ1) is 20.0. The average molecular weight is 326 g/mol. The standard InChI is InChI=1S/C19H34O4/c1-7-8-15-9-14(6)16(18(20)22-10-12(2)3)17(15)19(21)23-11-13(4)5/h12-17H,7-11H2,1-6H3. The SMILES string of the molecule is CCCC1CC(C)C(C(=O)OCC(C)C)C1C(=O)OCC(C)C. The van der Waals surface area contributed by atoms with E-state index in [0.29, 0.717) is 25.0 Å². The Morgan fingerprint density at radius 1 is 0.957 bits per heavy atom. The van der Waals surface area contributed by atoms with Crippen molar-refractivity contribution >= 4 is 11.9 Å². The van der Waals surface area contributed by atoms with Gasteiger partial charge >= 0.3 is 11.9 Å².